The first kappa shape index (κ1) is 52.2. The van der Waals surface area contributed by atoms with Crippen molar-refractivity contribution in [3.05, 3.63) is 106 Å². The second-order valence-corrected chi connectivity index (χ2v) is 11.1. The lowest BCUT2D eigenvalue weighted by Gasteiger charge is -2.20. The van der Waals surface area contributed by atoms with Gasteiger partial charge in [0.25, 0.3) is 0 Å². The van der Waals surface area contributed by atoms with E-state index in [1.807, 2.05) is 18.2 Å². The Labute approximate surface area is 299 Å². The SMILES string of the molecule is CCC(=O)O.CCCC(=O)[O-].CCO.Cc1cc(C(C)(C)C)ccc1C(=O)[O-].Cc1ccccc1C(=O)O.Cc1ccccc1C(=O)[O-].O=C=O. The maximum atomic E-state index is 10.7. The molecule has 0 saturated carbocycles. The van der Waals surface area contributed by atoms with E-state index in [0.717, 1.165) is 22.3 Å². The highest BCUT2D eigenvalue weighted by Crippen LogP contribution is 2.24. The number of aromatic carboxylic acids is 3. The van der Waals surface area contributed by atoms with Gasteiger partial charge in [0.1, 0.15) is 0 Å². The van der Waals surface area contributed by atoms with Gasteiger partial charge in [0.05, 0.1) is 17.5 Å². The van der Waals surface area contributed by atoms with Crippen molar-refractivity contribution in [1.29, 1.82) is 0 Å². The van der Waals surface area contributed by atoms with Crippen molar-refractivity contribution in [2.45, 2.75) is 87.0 Å². The summed E-state index contributed by atoms with van der Waals surface area (Å²) in [4.78, 5) is 66.5. The fourth-order valence-electron chi connectivity index (χ4n) is 3.18. The second kappa shape index (κ2) is 30.4. The van der Waals surface area contributed by atoms with Crippen LogP contribution in [0, 0.1) is 20.8 Å². The Bertz CT molecular complexity index is 1460. The lowest BCUT2D eigenvalue weighted by atomic mass is 9.85. The van der Waals surface area contributed by atoms with Crippen molar-refractivity contribution in [2.24, 2.45) is 0 Å². The molecule has 0 unspecified atom stereocenters. The Morgan fingerprint density at radius 3 is 1.22 bits per heavy atom. The summed E-state index contributed by atoms with van der Waals surface area (Å²) in [6.07, 6.45) is 1.32. The van der Waals surface area contributed by atoms with Crippen LogP contribution in [-0.4, -0.2) is 57.9 Å². The largest absolute Gasteiger partial charge is 0.550 e. The van der Waals surface area contributed by atoms with Crippen LogP contribution < -0.4 is 15.3 Å². The topological polar surface area (TPSA) is 249 Å². The van der Waals surface area contributed by atoms with Gasteiger partial charge in [0.15, 0.2) is 0 Å². The molecular weight excluding hydrogens is 664 g/mol. The summed E-state index contributed by atoms with van der Waals surface area (Å²) in [5.41, 5.74) is 4.41. The third-order valence-electron chi connectivity index (χ3n) is 5.81. The first-order chi connectivity index (χ1) is 23.6. The van der Waals surface area contributed by atoms with Gasteiger partial charge in [-0.25, -0.2) is 4.79 Å². The third-order valence-corrected chi connectivity index (χ3v) is 5.81. The summed E-state index contributed by atoms with van der Waals surface area (Å²) in [7, 11) is 0. The zero-order valence-electron chi connectivity index (χ0n) is 30.6. The average molecular weight is 714 g/mol. The van der Waals surface area contributed by atoms with Crippen LogP contribution >= 0.6 is 0 Å². The Morgan fingerprint density at radius 1 is 0.667 bits per heavy atom. The minimum absolute atomic E-state index is 0.0508. The van der Waals surface area contributed by atoms with Crippen LogP contribution in [0.15, 0.2) is 66.7 Å². The molecule has 13 heteroatoms. The minimum Gasteiger partial charge on any atom is -0.550 e. The Hall–Kier alpha value is -5.65. The van der Waals surface area contributed by atoms with Gasteiger partial charge in [0, 0.05) is 30.1 Å². The van der Waals surface area contributed by atoms with E-state index in [1.165, 1.54) is 6.07 Å². The van der Waals surface area contributed by atoms with Gasteiger partial charge in [-0.1, -0.05) is 102 Å². The fourth-order valence-corrected chi connectivity index (χ4v) is 3.18. The van der Waals surface area contributed by atoms with Crippen LogP contribution in [0.2, 0.25) is 0 Å². The molecular formula is C38H49O13-3. The summed E-state index contributed by atoms with van der Waals surface area (Å²) < 4.78 is 0. The normalized spacial score (nSPS) is 8.98. The molecule has 0 atom stereocenters. The van der Waals surface area contributed by atoms with Gasteiger partial charge >= 0.3 is 18.1 Å². The molecule has 3 rings (SSSR count). The average Bonchev–Trinajstić information content (AvgIpc) is 3.02. The summed E-state index contributed by atoms with van der Waals surface area (Å²) in [5, 5.41) is 54.3. The van der Waals surface area contributed by atoms with E-state index >= 15 is 0 Å². The zero-order valence-corrected chi connectivity index (χ0v) is 30.6. The maximum Gasteiger partial charge on any atom is 0.373 e. The van der Waals surface area contributed by atoms with Gasteiger partial charge < -0.3 is 45.0 Å². The highest BCUT2D eigenvalue weighted by Gasteiger charge is 2.14. The predicted octanol–water partition coefficient (Wildman–Crippen LogP) is 3.14. The van der Waals surface area contributed by atoms with Crippen LogP contribution in [0.3, 0.4) is 0 Å². The standard InChI is InChI=1S/C12H16O2.2C8H8O2.C4H8O2.C3H6O2.C2H6O.CO2/c1-8-7-9(12(2,3)4)5-6-10(8)11(13)14;2*1-6-4-2-3-5-7(6)8(9)10;1-2-3-4(5)6;1-2-3(4)5;1-2-3;2-1-3/h5-7H,1-4H3,(H,13,14);2*2-5H,1H3,(H,9,10);2-3H2,1H3,(H,5,6);2H2,1H3,(H,4,5);3H,2H2,1H3;/p-3. The summed E-state index contributed by atoms with van der Waals surface area (Å²) in [6, 6.07) is 19.0. The van der Waals surface area contributed by atoms with Crippen molar-refractivity contribution in [3.8, 4) is 0 Å². The lowest BCUT2D eigenvalue weighted by Crippen LogP contribution is -2.23. The van der Waals surface area contributed by atoms with Gasteiger partial charge in [-0.15, -0.1) is 0 Å². The fraction of sp³-hybridized carbons (Fsp3) is 0.368. The molecule has 3 aromatic carbocycles. The van der Waals surface area contributed by atoms with Crippen LogP contribution in [-0.2, 0) is 24.6 Å². The van der Waals surface area contributed by atoms with Crippen LogP contribution in [0.4, 0.5) is 0 Å². The van der Waals surface area contributed by atoms with E-state index < -0.39 is 29.8 Å². The molecule has 0 aliphatic carbocycles. The van der Waals surface area contributed by atoms with Crippen molar-refractivity contribution in [1.82, 2.24) is 0 Å². The Morgan fingerprint density at radius 2 is 1.02 bits per heavy atom. The molecule has 0 heterocycles. The molecule has 282 valence electrons. The third kappa shape index (κ3) is 29.0. The molecule has 13 nitrogen and oxygen atoms in total. The number of benzene rings is 3. The maximum absolute atomic E-state index is 10.7. The number of aliphatic hydroxyl groups is 1. The number of rotatable bonds is 6. The molecule has 0 radical (unpaired) electrons. The zero-order chi connectivity index (χ0) is 40.7. The number of hydrogen-bond acceptors (Lipinski definition) is 11. The second-order valence-electron chi connectivity index (χ2n) is 11.1. The number of aryl methyl sites for hydroxylation is 3. The molecule has 0 spiro atoms. The van der Waals surface area contributed by atoms with Crippen molar-refractivity contribution in [3.63, 3.8) is 0 Å². The lowest BCUT2D eigenvalue weighted by molar-refractivity contribution is -0.305. The van der Waals surface area contributed by atoms with Crippen molar-refractivity contribution >= 4 is 36.0 Å². The highest BCUT2D eigenvalue weighted by molar-refractivity contribution is 5.89. The van der Waals surface area contributed by atoms with E-state index in [4.69, 9.17) is 24.9 Å². The van der Waals surface area contributed by atoms with Crippen LogP contribution in [0.1, 0.15) is 114 Å². The number of carbonyl (C=O) groups is 5. The molecule has 0 aliphatic heterocycles. The van der Waals surface area contributed by atoms with Crippen LogP contribution in [0.5, 0.6) is 0 Å². The number of aliphatic hydroxyl groups excluding tert-OH is 1. The van der Waals surface area contributed by atoms with E-state index in [-0.39, 0.29) is 42.1 Å². The Balaban J connectivity index is -0.000000270. The summed E-state index contributed by atoms with van der Waals surface area (Å²) in [6.45, 7) is 16.9. The highest BCUT2D eigenvalue weighted by atomic mass is 16.4. The number of aliphatic carboxylic acids is 2. The van der Waals surface area contributed by atoms with Gasteiger partial charge in [0.2, 0.25) is 0 Å². The molecule has 0 saturated heterocycles. The van der Waals surface area contributed by atoms with Crippen molar-refractivity contribution < 1.29 is 64.2 Å². The summed E-state index contributed by atoms with van der Waals surface area (Å²) in [5.74, 6) is -4.79. The molecule has 3 aromatic rings. The minimum atomic E-state index is -1.11. The molecule has 0 fully saturated rings. The van der Waals surface area contributed by atoms with E-state index in [1.54, 1.807) is 84.0 Å². The van der Waals surface area contributed by atoms with Gasteiger partial charge in [-0.05, 0) is 67.9 Å². The summed E-state index contributed by atoms with van der Waals surface area (Å²) >= 11 is 0. The molecule has 0 aromatic heterocycles. The van der Waals surface area contributed by atoms with E-state index in [9.17, 15) is 39.3 Å². The molecule has 3 N–H and O–H groups in total. The smallest absolute Gasteiger partial charge is 0.373 e. The van der Waals surface area contributed by atoms with Crippen molar-refractivity contribution in [2.75, 3.05) is 6.61 Å². The Kier molecular flexibility index (Phi) is 31.1. The first-order valence-electron chi connectivity index (χ1n) is 15.5. The van der Waals surface area contributed by atoms with Gasteiger partial charge in [-0.3, -0.25) is 4.79 Å². The quantitative estimate of drug-likeness (QED) is 0.332. The van der Waals surface area contributed by atoms with Gasteiger partial charge in [-0.2, -0.15) is 9.59 Å². The van der Waals surface area contributed by atoms with E-state index in [0.29, 0.717) is 12.0 Å². The predicted molar refractivity (Wildman–Crippen MR) is 183 cm³/mol. The molecule has 51 heavy (non-hydrogen) atoms. The molecule has 0 aliphatic rings. The van der Waals surface area contributed by atoms with E-state index in [2.05, 4.69) is 20.8 Å². The number of carboxylic acids is 5. The molecule has 0 bridgehead atoms. The first-order valence-corrected chi connectivity index (χ1v) is 15.5. The molecule has 0 amide bonds. The van der Waals surface area contributed by atoms with Crippen LogP contribution in [0.25, 0.3) is 0 Å². The number of carboxylic acid groups (broad SMARTS) is 5. The number of carbonyl (C=O) groups excluding carboxylic acids is 5. The monoisotopic (exact) mass is 713 g/mol. The number of hydrogen-bond donors (Lipinski definition) is 3.